The number of ether oxygens (including phenoxy) is 2. The number of phosphoric acid groups is 1. The zero-order valence-corrected chi connectivity index (χ0v) is 56.1. The topological polar surface area (TPSA) is 111 Å². The van der Waals surface area contributed by atoms with Crippen LogP contribution >= 0.6 is 7.82 Å². The van der Waals surface area contributed by atoms with Crippen LogP contribution in [0.4, 0.5) is 0 Å². The summed E-state index contributed by atoms with van der Waals surface area (Å²) in [5.41, 5.74) is 0. The van der Waals surface area contributed by atoms with E-state index in [1.54, 1.807) is 0 Å². The molecule has 0 rings (SSSR count). The van der Waals surface area contributed by atoms with Crippen LogP contribution < -0.4 is 4.89 Å². The monoisotopic (exact) mass is 1180 g/mol. The van der Waals surface area contributed by atoms with Crippen LogP contribution in [0, 0.1) is 0 Å². The van der Waals surface area contributed by atoms with Crippen molar-refractivity contribution in [3.05, 3.63) is 36.5 Å². The Hall–Kier alpha value is -1.77. The summed E-state index contributed by atoms with van der Waals surface area (Å²) in [7, 11) is 1.17. The Labute approximate surface area is 510 Å². The fourth-order valence-electron chi connectivity index (χ4n) is 10.7. The molecule has 0 N–H and O–H groups in total. The van der Waals surface area contributed by atoms with Crippen molar-refractivity contribution >= 4 is 19.8 Å². The Morgan fingerprint density at radius 3 is 0.976 bits per heavy atom. The van der Waals surface area contributed by atoms with Gasteiger partial charge in [-0.2, -0.15) is 0 Å². The van der Waals surface area contributed by atoms with Gasteiger partial charge in [-0.3, -0.25) is 14.2 Å². The highest BCUT2D eigenvalue weighted by atomic mass is 31.2. The van der Waals surface area contributed by atoms with E-state index in [1.807, 2.05) is 21.1 Å². The minimum Gasteiger partial charge on any atom is -0.756 e. The van der Waals surface area contributed by atoms with Crippen molar-refractivity contribution in [2.75, 3.05) is 47.5 Å². The maximum atomic E-state index is 12.8. The van der Waals surface area contributed by atoms with Crippen LogP contribution in [0.1, 0.15) is 361 Å². The summed E-state index contributed by atoms with van der Waals surface area (Å²) < 4.78 is 34.3. The zero-order chi connectivity index (χ0) is 59.8. The Morgan fingerprint density at radius 2 is 0.659 bits per heavy atom. The van der Waals surface area contributed by atoms with Gasteiger partial charge < -0.3 is 27.9 Å². The van der Waals surface area contributed by atoms with Gasteiger partial charge in [-0.15, -0.1) is 0 Å². The van der Waals surface area contributed by atoms with Crippen LogP contribution in [-0.2, 0) is 32.7 Å². The van der Waals surface area contributed by atoms with Gasteiger partial charge in [0.15, 0.2) is 6.10 Å². The molecule has 0 aliphatic carbocycles. The molecule has 0 aromatic heterocycles. The number of carbonyl (C=O) groups is 2. The Kier molecular flexibility index (Phi) is 62.3. The van der Waals surface area contributed by atoms with Gasteiger partial charge in [0.25, 0.3) is 7.82 Å². The van der Waals surface area contributed by atoms with Gasteiger partial charge >= 0.3 is 11.9 Å². The summed E-state index contributed by atoms with van der Waals surface area (Å²) in [6, 6.07) is 0. The molecule has 0 amide bonds. The molecule has 0 spiro atoms. The minimum absolute atomic E-state index is 0.0323. The number of likely N-dealkylation sites (N-methyl/N-ethyl adjacent to an activating group) is 1. The molecule has 0 heterocycles. The Balaban J connectivity index is 3.93. The van der Waals surface area contributed by atoms with E-state index in [9.17, 15) is 19.0 Å². The van der Waals surface area contributed by atoms with Crippen LogP contribution in [0.15, 0.2) is 36.5 Å². The second-order valence-corrected chi connectivity index (χ2v) is 27.0. The molecule has 0 aromatic carbocycles. The van der Waals surface area contributed by atoms with Crippen LogP contribution in [0.25, 0.3) is 0 Å². The van der Waals surface area contributed by atoms with E-state index in [2.05, 4.69) is 50.3 Å². The second kappa shape index (κ2) is 63.7. The molecule has 0 fully saturated rings. The number of hydrogen-bond acceptors (Lipinski definition) is 8. The highest BCUT2D eigenvalue weighted by Crippen LogP contribution is 2.38. The SMILES string of the molecule is CCCCCCC/C=C\C/C=C\C/C=C\CCCCCCCCC(=O)OC(COC(=O)CCCCCCCCCCCCCCCCCCCCCCCCCCCCCCCCCCCCCCC)COP(=O)([O-])OCC[N+](C)(C)C. The molecule has 2 atom stereocenters. The van der Waals surface area contributed by atoms with E-state index in [0.29, 0.717) is 17.4 Å². The highest BCUT2D eigenvalue weighted by Gasteiger charge is 2.22. The van der Waals surface area contributed by atoms with Crippen molar-refractivity contribution in [3.8, 4) is 0 Å². The van der Waals surface area contributed by atoms with Crippen LogP contribution in [0.3, 0.4) is 0 Å². The number of allylic oxidation sites excluding steroid dienone is 6. The lowest BCUT2D eigenvalue weighted by atomic mass is 10.0. The quantitative estimate of drug-likeness (QED) is 0.0195. The van der Waals surface area contributed by atoms with E-state index < -0.39 is 26.5 Å². The van der Waals surface area contributed by atoms with Gasteiger partial charge in [0.2, 0.25) is 0 Å². The normalized spacial score (nSPS) is 13.3. The first-order valence-corrected chi connectivity index (χ1v) is 37.2. The fraction of sp³-hybridized carbons (Fsp3) is 0.889. The lowest BCUT2D eigenvalue weighted by Crippen LogP contribution is -2.37. The van der Waals surface area contributed by atoms with Crippen molar-refractivity contribution in [1.29, 1.82) is 0 Å². The number of nitrogens with zero attached hydrogens (tertiary/aromatic N) is 1. The third-order valence-electron chi connectivity index (χ3n) is 16.2. The van der Waals surface area contributed by atoms with Crippen molar-refractivity contribution in [2.45, 2.75) is 367 Å². The molecular weight excluding hydrogens is 1040 g/mol. The molecule has 2 unspecified atom stereocenters. The molecule has 0 saturated heterocycles. The first-order valence-electron chi connectivity index (χ1n) is 35.7. The number of quaternary nitrogens is 1. The molecule has 0 aliphatic heterocycles. The van der Waals surface area contributed by atoms with Crippen LogP contribution in [0.2, 0.25) is 0 Å². The van der Waals surface area contributed by atoms with Crippen LogP contribution in [-0.4, -0.2) is 70.0 Å². The summed E-state index contributed by atoms with van der Waals surface area (Å²) >= 11 is 0. The largest absolute Gasteiger partial charge is 0.756 e. The molecule has 10 heteroatoms. The number of esters is 2. The van der Waals surface area contributed by atoms with Gasteiger partial charge in [0.05, 0.1) is 27.7 Å². The predicted molar refractivity (Wildman–Crippen MR) is 351 cm³/mol. The third kappa shape index (κ3) is 67.4. The number of unbranched alkanes of at least 4 members (excludes halogenated alkanes) is 47. The highest BCUT2D eigenvalue weighted by molar-refractivity contribution is 7.45. The smallest absolute Gasteiger partial charge is 0.306 e. The molecule has 0 aliphatic rings. The minimum atomic E-state index is -4.64. The lowest BCUT2D eigenvalue weighted by Gasteiger charge is -2.28. The molecule has 0 radical (unpaired) electrons. The van der Waals surface area contributed by atoms with Gasteiger partial charge in [0, 0.05) is 12.8 Å². The van der Waals surface area contributed by atoms with Crippen molar-refractivity contribution in [3.63, 3.8) is 0 Å². The molecule has 484 valence electrons. The van der Waals surface area contributed by atoms with E-state index in [-0.39, 0.29) is 32.0 Å². The maximum Gasteiger partial charge on any atom is 0.306 e. The standard InChI is InChI=1S/C72H138NO8P/c1-6-8-10-12-14-16-18-20-22-24-26-28-29-30-31-32-33-34-35-36-37-38-39-40-41-42-43-45-46-48-50-52-54-56-58-60-62-64-71(74)78-68-70(69-80-82(76,77)79-67-66-73(3,4)5)81-72(75)65-63-61-59-57-55-53-51-49-47-44-27-25-23-21-19-17-15-13-11-9-7-2/h19,21,25,27,47,49,70H,6-18,20,22-24,26,28-46,48,50-69H2,1-5H3/b21-19-,27-25-,49-47-. The summed E-state index contributed by atoms with van der Waals surface area (Å²) in [5, 5.41) is 0. The van der Waals surface area contributed by atoms with Crippen molar-refractivity contribution in [2.24, 2.45) is 0 Å². The van der Waals surface area contributed by atoms with E-state index in [4.69, 9.17) is 18.5 Å². The van der Waals surface area contributed by atoms with E-state index in [1.165, 1.54) is 257 Å². The van der Waals surface area contributed by atoms with Crippen LogP contribution in [0.5, 0.6) is 0 Å². The molecule has 0 saturated carbocycles. The van der Waals surface area contributed by atoms with Gasteiger partial charge in [-0.25, -0.2) is 0 Å². The molecular formula is C72H138NO8P. The Bertz CT molecular complexity index is 1480. The summed E-state index contributed by atoms with van der Waals surface area (Å²) in [6.45, 7) is 4.27. The average Bonchev–Trinajstić information content (AvgIpc) is 3.46. The van der Waals surface area contributed by atoms with Gasteiger partial charge in [-0.1, -0.05) is 333 Å². The molecule has 0 aromatic rings. The molecule has 9 nitrogen and oxygen atoms in total. The van der Waals surface area contributed by atoms with Crippen molar-refractivity contribution < 1.29 is 42.1 Å². The van der Waals surface area contributed by atoms with E-state index >= 15 is 0 Å². The zero-order valence-electron chi connectivity index (χ0n) is 55.2. The molecule has 0 bridgehead atoms. The first kappa shape index (κ1) is 80.2. The number of carbonyl (C=O) groups excluding carboxylic acids is 2. The number of hydrogen-bond donors (Lipinski definition) is 0. The maximum absolute atomic E-state index is 12.8. The van der Waals surface area contributed by atoms with Gasteiger partial charge in [0.1, 0.15) is 19.8 Å². The third-order valence-corrected chi connectivity index (χ3v) is 17.1. The predicted octanol–water partition coefficient (Wildman–Crippen LogP) is 22.4. The number of rotatable bonds is 67. The summed E-state index contributed by atoms with van der Waals surface area (Å²) in [5.74, 6) is -0.831. The Morgan fingerprint density at radius 1 is 0.378 bits per heavy atom. The second-order valence-electron chi connectivity index (χ2n) is 25.6. The summed E-state index contributed by atoms with van der Waals surface area (Å²) in [4.78, 5) is 38.0. The average molecular weight is 1180 g/mol. The first-order chi connectivity index (χ1) is 40.0. The van der Waals surface area contributed by atoms with E-state index in [0.717, 1.165) is 70.6 Å². The summed E-state index contributed by atoms with van der Waals surface area (Å²) in [6.07, 6.45) is 81.1. The number of phosphoric ester groups is 1. The lowest BCUT2D eigenvalue weighted by molar-refractivity contribution is -0.870. The van der Waals surface area contributed by atoms with Gasteiger partial charge in [-0.05, 0) is 51.4 Å². The fourth-order valence-corrected chi connectivity index (χ4v) is 11.4. The molecule has 82 heavy (non-hydrogen) atoms. The van der Waals surface area contributed by atoms with Crippen molar-refractivity contribution in [1.82, 2.24) is 0 Å².